The number of aromatic nitrogens is 2. The van der Waals surface area contributed by atoms with Crippen LogP contribution < -0.4 is 20.3 Å². The number of urea groups is 1. The van der Waals surface area contributed by atoms with E-state index in [4.69, 9.17) is 21.1 Å². The van der Waals surface area contributed by atoms with Gasteiger partial charge in [0.2, 0.25) is 5.95 Å². The number of halogens is 1. The fourth-order valence-electron chi connectivity index (χ4n) is 3.03. The molecule has 1 aromatic heterocycles. The first kappa shape index (κ1) is 23.3. The van der Waals surface area contributed by atoms with Gasteiger partial charge in [0.25, 0.3) is 0 Å². The van der Waals surface area contributed by atoms with Gasteiger partial charge in [-0.2, -0.15) is 4.98 Å². The highest BCUT2D eigenvalue weighted by Gasteiger charge is 2.20. The molecule has 168 valence electrons. The summed E-state index contributed by atoms with van der Waals surface area (Å²) in [6, 6.07) is 15.8. The van der Waals surface area contributed by atoms with Crippen molar-refractivity contribution in [2.24, 2.45) is 0 Å². The van der Waals surface area contributed by atoms with Crippen molar-refractivity contribution in [2.45, 2.75) is 19.5 Å². The molecule has 3 aromatic rings. The van der Waals surface area contributed by atoms with Crippen molar-refractivity contribution in [1.29, 1.82) is 0 Å². The second-order valence-corrected chi connectivity index (χ2v) is 7.43. The molecule has 0 spiro atoms. The Morgan fingerprint density at radius 2 is 1.88 bits per heavy atom. The maximum absolute atomic E-state index is 13.3. The highest BCUT2D eigenvalue weighted by molar-refractivity contribution is 6.31. The first-order valence-corrected chi connectivity index (χ1v) is 10.4. The predicted octanol–water partition coefficient (Wildman–Crippen LogP) is 4.63. The van der Waals surface area contributed by atoms with Crippen LogP contribution in [0.3, 0.4) is 0 Å². The summed E-state index contributed by atoms with van der Waals surface area (Å²) in [4.78, 5) is 23.5. The van der Waals surface area contributed by atoms with Gasteiger partial charge in [-0.3, -0.25) is 0 Å². The van der Waals surface area contributed by atoms with E-state index in [9.17, 15) is 4.79 Å². The minimum atomic E-state index is -0.357. The summed E-state index contributed by atoms with van der Waals surface area (Å²) < 4.78 is 10.4. The molecule has 0 aliphatic carbocycles. The molecule has 0 bridgehead atoms. The number of hydrogen-bond donors (Lipinski definition) is 2. The molecule has 9 heteroatoms. The number of carbonyl (C=O) groups excluding carboxylic acids is 1. The Balaban J connectivity index is 1.88. The lowest BCUT2D eigenvalue weighted by atomic mass is 10.2. The van der Waals surface area contributed by atoms with Crippen LogP contribution in [0.1, 0.15) is 12.5 Å². The molecule has 0 saturated heterocycles. The Labute approximate surface area is 192 Å². The average Bonchev–Trinajstić information content (AvgIpc) is 2.79. The van der Waals surface area contributed by atoms with Gasteiger partial charge in [0.05, 0.1) is 19.4 Å². The monoisotopic (exact) mass is 455 g/mol. The van der Waals surface area contributed by atoms with E-state index in [0.29, 0.717) is 34.8 Å². The van der Waals surface area contributed by atoms with E-state index in [-0.39, 0.29) is 18.6 Å². The fraction of sp³-hybridized carbons (Fsp3) is 0.261. The fourth-order valence-corrected chi connectivity index (χ4v) is 3.23. The van der Waals surface area contributed by atoms with E-state index >= 15 is 0 Å². The summed E-state index contributed by atoms with van der Waals surface area (Å²) in [7, 11) is 3.22. The zero-order valence-corrected chi connectivity index (χ0v) is 19.0. The second-order valence-electron chi connectivity index (χ2n) is 7.02. The largest absolute Gasteiger partial charge is 0.497 e. The molecular weight excluding hydrogens is 430 g/mol. The molecule has 2 amide bonds. The number of anilines is 3. The van der Waals surface area contributed by atoms with Crippen molar-refractivity contribution in [3.05, 3.63) is 71.4 Å². The molecule has 8 nitrogen and oxygen atoms in total. The number of nitrogens with one attached hydrogen (secondary N) is 2. The number of rotatable bonds is 9. The van der Waals surface area contributed by atoms with Crippen molar-refractivity contribution in [3.63, 3.8) is 0 Å². The summed E-state index contributed by atoms with van der Waals surface area (Å²) in [6.45, 7) is 2.72. The van der Waals surface area contributed by atoms with Crippen LogP contribution in [0.4, 0.5) is 22.2 Å². The number of benzene rings is 2. The van der Waals surface area contributed by atoms with Crippen LogP contribution in [0.25, 0.3) is 0 Å². The molecule has 0 aliphatic rings. The third-order valence-corrected chi connectivity index (χ3v) is 4.95. The Kier molecular flexibility index (Phi) is 8.24. The summed E-state index contributed by atoms with van der Waals surface area (Å²) in [6.07, 6.45) is 1.60. The molecule has 0 saturated carbocycles. The third kappa shape index (κ3) is 6.09. The molecule has 32 heavy (non-hydrogen) atoms. The lowest BCUT2D eigenvalue weighted by Crippen LogP contribution is -2.37. The third-order valence-electron chi connectivity index (χ3n) is 4.58. The van der Waals surface area contributed by atoms with Crippen LogP contribution in [-0.2, 0) is 11.3 Å². The molecule has 2 N–H and O–H groups in total. The number of nitrogens with zero attached hydrogens (tertiary/aromatic N) is 3. The van der Waals surface area contributed by atoms with Crippen LogP contribution in [0, 0.1) is 0 Å². The van der Waals surface area contributed by atoms with Crippen molar-refractivity contribution in [1.82, 2.24) is 15.3 Å². The van der Waals surface area contributed by atoms with Gasteiger partial charge >= 0.3 is 6.03 Å². The minimum absolute atomic E-state index is 0.00117. The van der Waals surface area contributed by atoms with Crippen LogP contribution in [0.2, 0.25) is 5.02 Å². The van der Waals surface area contributed by atoms with E-state index in [1.807, 2.05) is 25.1 Å². The topological polar surface area (TPSA) is 88.6 Å². The quantitative estimate of drug-likeness (QED) is 0.489. The lowest BCUT2D eigenvalue weighted by Gasteiger charge is -2.23. The van der Waals surface area contributed by atoms with Crippen molar-refractivity contribution >= 4 is 35.1 Å². The van der Waals surface area contributed by atoms with Crippen LogP contribution in [-0.4, -0.2) is 42.9 Å². The molecule has 3 rings (SSSR count). The molecule has 0 aliphatic heterocycles. The van der Waals surface area contributed by atoms with E-state index in [2.05, 4.69) is 20.6 Å². The first-order valence-electron chi connectivity index (χ1n) is 10.1. The van der Waals surface area contributed by atoms with Gasteiger partial charge in [0, 0.05) is 37.0 Å². The normalized spacial score (nSPS) is 11.5. The minimum Gasteiger partial charge on any atom is -0.497 e. The number of carbonyl (C=O) groups is 1. The van der Waals surface area contributed by atoms with E-state index in [1.165, 1.54) is 4.90 Å². The average molecular weight is 456 g/mol. The van der Waals surface area contributed by atoms with Gasteiger partial charge < -0.3 is 20.1 Å². The van der Waals surface area contributed by atoms with Gasteiger partial charge in [-0.1, -0.05) is 29.8 Å². The standard InChI is InChI=1S/C23H26ClN5O3/c1-16(15-31-2)27-22-25-13-12-21(28-22)29(18-8-10-19(32-3)11-9-18)23(30)26-14-17-6-4-5-7-20(17)24/h4-13,16H,14-15H2,1-3H3,(H,26,30)(H,25,27,28)/t16-/m0/s1. The number of ether oxygens (including phenoxy) is 2. The number of amides is 2. The van der Waals surface area contributed by atoms with Crippen molar-refractivity contribution in [3.8, 4) is 5.75 Å². The predicted molar refractivity (Wildman–Crippen MR) is 126 cm³/mol. The molecule has 1 heterocycles. The molecule has 0 fully saturated rings. The van der Waals surface area contributed by atoms with E-state index < -0.39 is 0 Å². The van der Waals surface area contributed by atoms with Gasteiger partial charge in [-0.25, -0.2) is 14.7 Å². The molecule has 2 aromatic carbocycles. The van der Waals surface area contributed by atoms with Crippen LogP contribution in [0.15, 0.2) is 60.8 Å². The van der Waals surface area contributed by atoms with Gasteiger partial charge in [-0.05, 0) is 42.8 Å². The SMILES string of the molecule is COC[C@H](C)Nc1nccc(N(C(=O)NCc2ccccc2Cl)c2ccc(OC)cc2)n1. The second kappa shape index (κ2) is 11.3. The Morgan fingerprint density at radius 3 is 2.56 bits per heavy atom. The van der Waals surface area contributed by atoms with Crippen LogP contribution >= 0.6 is 11.6 Å². The smallest absolute Gasteiger partial charge is 0.327 e. The highest BCUT2D eigenvalue weighted by atomic mass is 35.5. The van der Waals surface area contributed by atoms with Crippen molar-refractivity contribution < 1.29 is 14.3 Å². The molecule has 0 unspecified atom stereocenters. The van der Waals surface area contributed by atoms with E-state index in [1.54, 1.807) is 56.8 Å². The number of methoxy groups -OCH3 is 2. The molecule has 0 radical (unpaired) electrons. The zero-order chi connectivity index (χ0) is 22.9. The van der Waals surface area contributed by atoms with Crippen LogP contribution in [0.5, 0.6) is 5.75 Å². The first-order chi connectivity index (χ1) is 15.5. The lowest BCUT2D eigenvalue weighted by molar-refractivity contribution is 0.190. The van der Waals surface area contributed by atoms with E-state index in [0.717, 1.165) is 5.56 Å². The Hall–Kier alpha value is -3.36. The Bertz CT molecular complexity index is 1030. The summed E-state index contributed by atoms with van der Waals surface area (Å²) in [5.41, 5.74) is 1.44. The highest BCUT2D eigenvalue weighted by Crippen LogP contribution is 2.27. The maximum Gasteiger partial charge on any atom is 0.327 e. The Morgan fingerprint density at radius 1 is 1.12 bits per heavy atom. The van der Waals surface area contributed by atoms with Gasteiger partial charge in [0.15, 0.2) is 0 Å². The van der Waals surface area contributed by atoms with Gasteiger partial charge in [0.1, 0.15) is 11.6 Å². The maximum atomic E-state index is 13.3. The van der Waals surface area contributed by atoms with Gasteiger partial charge in [-0.15, -0.1) is 0 Å². The summed E-state index contributed by atoms with van der Waals surface area (Å²) in [5, 5.41) is 6.67. The zero-order valence-electron chi connectivity index (χ0n) is 18.2. The molecule has 1 atom stereocenters. The summed E-state index contributed by atoms with van der Waals surface area (Å²) >= 11 is 6.23. The number of hydrogen-bond acceptors (Lipinski definition) is 6. The van der Waals surface area contributed by atoms with Crippen molar-refractivity contribution in [2.75, 3.05) is 31.0 Å². The summed E-state index contributed by atoms with van der Waals surface area (Å²) in [5.74, 6) is 1.49. The molecular formula is C23H26ClN5O3.